The maximum atomic E-state index is 3.53. The zero-order valence-electron chi connectivity index (χ0n) is 8.67. The van der Waals surface area contributed by atoms with Crippen molar-refractivity contribution in [2.24, 2.45) is 7.05 Å². The van der Waals surface area contributed by atoms with Gasteiger partial charge in [-0.15, -0.1) is 0 Å². The van der Waals surface area contributed by atoms with Gasteiger partial charge in [0.15, 0.2) is 0 Å². The van der Waals surface area contributed by atoms with Crippen LogP contribution in [-0.2, 0) is 7.05 Å². The summed E-state index contributed by atoms with van der Waals surface area (Å²) >= 11 is 5.89. The third kappa shape index (κ3) is 1.49. The second-order valence-corrected chi connectivity index (χ2v) is 6.04. The Morgan fingerprint density at radius 2 is 1.62 bits per heavy atom. The van der Waals surface area contributed by atoms with Crippen LogP contribution in [0.25, 0.3) is 21.8 Å². The van der Waals surface area contributed by atoms with Crippen LogP contribution in [0.4, 0.5) is 0 Å². The van der Waals surface area contributed by atoms with Crippen molar-refractivity contribution < 1.29 is 0 Å². The van der Waals surface area contributed by atoms with E-state index in [9.17, 15) is 0 Å². The molecule has 0 N–H and O–H groups in total. The predicted molar refractivity (Wildman–Crippen MR) is 80.8 cm³/mol. The van der Waals surface area contributed by atoms with Crippen molar-refractivity contribution in [3.8, 4) is 0 Å². The summed E-state index contributed by atoms with van der Waals surface area (Å²) in [5.41, 5.74) is 2.56. The van der Waals surface area contributed by atoms with Gasteiger partial charge < -0.3 is 4.57 Å². The summed E-state index contributed by atoms with van der Waals surface area (Å²) in [6.07, 6.45) is 0. The Labute approximate surface area is 116 Å². The minimum absolute atomic E-state index is 1.13. The average molecular weight is 386 g/mol. The smallest absolute Gasteiger partial charge is 0.0489 e. The van der Waals surface area contributed by atoms with E-state index in [4.69, 9.17) is 0 Å². The molecule has 1 aromatic heterocycles. The van der Waals surface area contributed by atoms with Crippen LogP contribution < -0.4 is 0 Å². The molecule has 3 heteroatoms. The molecule has 1 nitrogen and oxygen atoms in total. The first-order chi connectivity index (χ1) is 7.66. The molecule has 0 unspecified atom stereocenters. The normalized spacial score (nSPS) is 11.4. The Kier molecular flexibility index (Phi) is 2.47. The maximum absolute atomic E-state index is 3.53. The summed E-state index contributed by atoms with van der Waals surface area (Å²) in [5, 5.41) is 2.64. The molecule has 0 saturated carbocycles. The zero-order valence-corrected chi connectivity index (χ0v) is 12.4. The van der Waals surface area contributed by atoms with Gasteiger partial charge in [0.05, 0.1) is 0 Å². The Bertz CT molecular complexity index is 641. The van der Waals surface area contributed by atoms with E-state index in [0.29, 0.717) is 0 Å². The van der Waals surface area contributed by atoms with Crippen molar-refractivity contribution in [1.29, 1.82) is 0 Å². The third-order valence-corrected chi connectivity index (χ3v) is 4.09. The fourth-order valence-electron chi connectivity index (χ4n) is 2.16. The Balaban J connectivity index is 2.60. The number of hydrogen-bond acceptors (Lipinski definition) is 0. The van der Waals surface area contributed by atoms with Crippen molar-refractivity contribution in [1.82, 2.24) is 4.57 Å². The van der Waals surface area contributed by atoms with E-state index in [2.05, 4.69) is 86.5 Å². The summed E-state index contributed by atoms with van der Waals surface area (Å²) in [6.45, 7) is 0. The molecule has 0 bridgehead atoms. The van der Waals surface area contributed by atoms with E-state index in [-0.39, 0.29) is 0 Å². The average Bonchev–Trinajstić information content (AvgIpc) is 2.52. The highest BCUT2D eigenvalue weighted by atomic mass is 127. The monoisotopic (exact) mass is 385 g/mol. The maximum Gasteiger partial charge on any atom is 0.0489 e. The van der Waals surface area contributed by atoms with Gasteiger partial charge in [-0.05, 0) is 59.0 Å². The van der Waals surface area contributed by atoms with Crippen LogP contribution in [-0.4, -0.2) is 4.57 Å². The Morgan fingerprint density at radius 1 is 1.00 bits per heavy atom. The van der Waals surface area contributed by atoms with Gasteiger partial charge in [0.2, 0.25) is 0 Å². The molecule has 1 heterocycles. The highest BCUT2D eigenvalue weighted by Crippen LogP contribution is 2.31. The minimum Gasteiger partial charge on any atom is -0.344 e. The van der Waals surface area contributed by atoms with Crippen molar-refractivity contribution in [2.45, 2.75) is 0 Å². The molecular formula is C13H9BrIN. The Morgan fingerprint density at radius 3 is 2.38 bits per heavy atom. The fraction of sp³-hybridized carbons (Fsp3) is 0.0769. The number of fused-ring (bicyclic) bond motifs is 3. The first-order valence-corrected chi connectivity index (χ1v) is 6.87. The first kappa shape index (κ1) is 10.6. The van der Waals surface area contributed by atoms with E-state index in [1.165, 1.54) is 25.4 Å². The van der Waals surface area contributed by atoms with Crippen LogP contribution in [0.5, 0.6) is 0 Å². The minimum atomic E-state index is 1.13. The molecule has 0 saturated heterocycles. The lowest BCUT2D eigenvalue weighted by molar-refractivity contribution is 1.01. The van der Waals surface area contributed by atoms with Gasteiger partial charge in [0, 0.05) is 36.9 Å². The quantitative estimate of drug-likeness (QED) is 0.494. The van der Waals surface area contributed by atoms with E-state index in [0.717, 1.165) is 4.47 Å². The molecule has 80 valence electrons. The van der Waals surface area contributed by atoms with E-state index in [1.54, 1.807) is 0 Å². The fourth-order valence-corrected chi connectivity index (χ4v) is 3.02. The largest absolute Gasteiger partial charge is 0.344 e. The summed E-state index contributed by atoms with van der Waals surface area (Å²) in [4.78, 5) is 0. The number of benzene rings is 2. The van der Waals surface area contributed by atoms with E-state index < -0.39 is 0 Å². The molecule has 16 heavy (non-hydrogen) atoms. The molecule has 0 radical (unpaired) electrons. The van der Waals surface area contributed by atoms with Crippen LogP contribution in [0.2, 0.25) is 0 Å². The lowest BCUT2D eigenvalue weighted by Gasteiger charge is -1.97. The van der Waals surface area contributed by atoms with Crippen LogP contribution >= 0.6 is 38.5 Å². The Hall–Kier alpha value is -0.550. The molecule has 0 aliphatic heterocycles. The van der Waals surface area contributed by atoms with E-state index >= 15 is 0 Å². The number of halogens is 2. The standard InChI is InChI=1S/C13H9BrIN/c1-16-12-4-2-8(14)6-10(12)11-7-9(15)3-5-13(11)16/h2-7H,1H3. The van der Waals surface area contributed by atoms with Crippen molar-refractivity contribution in [3.05, 3.63) is 44.4 Å². The van der Waals surface area contributed by atoms with Crippen LogP contribution in [0.1, 0.15) is 0 Å². The van der Waals surface area contributed by atoms with Gasteiger partial charge in [0.25, 0.3) is 0 Å². The number of aromatic nitrogens is 1. The molecule has 0 amide bonds. The lowest BCUT2D eigenvalue weighted by Crippen LogP contribution is -1.85. The van der Waals surface area contributed by atoms with Gasteiger partial charge in [-0.1, -0.05) is 15.9 Å². The zero-order chi connectivity index (χ0) is 11.3. The van der Waals surface area contributed by atoms with Crippen LogP contribution in [0, 0.1) is 3.57 Å². The van der Waals surface area contributed by atoms with Crippen LogP contribution in [0.3, 0.4) is 0 Å². The van der Waals surface area contributed by atoms with Gasteiger partial charge in [-0.25, -0.2) is 0 Å². The van der Waals surface area contributed by atoms with Gasteiger partial charge in [-0.2, -0.15) is 0 Å². The molecular weight excluding hydrogens is 377 g/mol. The highest BCUT2D eigenvalue weighted by Gasteiger charge is 2.08. The molecule has 0 atom stereocenters. The summed E-state index contributed by atoms with van der Waals surface area (Å²) < 4.78 is 4.65. The van der Waals surface area contributed by atoms with Crippen molar-refractivity contribution in [3.63, 3.8) is 0 Å². The summed E-state index contributed by atoms with van der Waals surface area (Å²) in [7, 11) is 2.12. The lowest BCUT2D eigenvalue weighted by atomic mass is 10.2. The van der Waals surface area contributed by atoms with Crippen molar-refractivity contribution in [2.75, 3.05) is 0 Å². The molecule has 0 aliphatic carbocycles. The highest BCUT2D eigenvalue weighted by molar-refractivity contribution is 14.1. The number of aryl methyl sites for hydroxylation is 1. The number of rotatable bonds is 0. The first-order valence-electron chi connectivity index (χ1n) is 5.00. The summed E-state index contributed by atoms with van der Waals surface area (Å²) in [6, 6.07) is 13.0. The van der Waals surface area contributed by atoms with Gasteiger partial charge >= 0.3 is 0 Å². The molecule has 2 aromatic carbocycles. The third-order valence-electron chi connectivity index (χ3n) is 2.93. The number of hydrogen-bond donors (Lipinski definition) is 0. The van der Waals surface area contributed by atoms with Crippen LogP contribution in [0.15, 0.2) is 40.9 Å². The predicted octanol–water partition coefficient (Wildman–Crippen LogP) is 4.70. The molecule has 0 fully saturated rings. The summed E-state index contributed by atoms with van der Waals surface area (Å²) in [5.74, 6) is 0. The SMILES string of the molecule is Cn1c2ccc(Br)cc2c2cc(I)ccc21. The molecule has 0 aliphatic rings. The number of nitrogens with zero attached hydrogens (tertiary/aromatic N) is 1. The van der Waals surface area contributed by atoms with Crippen molar-refractivity contribution >= 4 is 60.3 Å². The molecule has 3 aromatic rings. The van der Waals surface area contributed by atoms with Gasteiger partial charge in [-0.3, -0.25) is 0 Å². The van der Waals surface area contributed by atoms with Gasteiger partial charge in [0.1, 0.15) is 0 Å². The molecule has 3 rings (SSSR count). The second kappa shape index (κ2) is 3.74. The topological polar surface area (TPSA) is 4.93 Å². The van der Waals surface area contributed by atoms with E-state index in [1.807, 2.05) is 0 Å². The second-order valence-electron chi connectivity index (χ2n) is 3.88. The molecule has 0 spiro atoms.